The Morgan fingerprint density at radius 3 is 3.00 bits per heavy atom. The van der Waals surface area contributed by atoms with Crippen molar-refractivity contribution in [2.45, 2.75) is 6.04 Å². The SMILES string of the molecule is C#CCNC(CN)c1cc(Cl)cs1. The molecule has 1 rings (SSSR count). The fourth-order valence-corrected chi connectivity index (χ4v) is 2.16. The number of rotatable bonds is 4. The molecule has 4 heteroatoms. The minimum absolute atomic E-state index is 0.119. The van der Waals surface area contributed by atoms with Crippen molar-refractivity contribution in [1.29, 1.82) is 0 Å². The van der Waals surface area contributed by atoms with Crippen molar-refractivity contribution < 1.29 is 0 Å². The number of terminal acetylenes is 1. The smallest absolute Gasteiger partial charge is 0.0579 e. The van der Waals surface area contributed by atoms with E-state index in [-0.39, 0.29) is 6.04 Å². The topological polar surface area (TPSA) is 38.0 Å². The van der Waals surface area contributed by atoms with Gasteiger partial charge in [-0.1, -0.05) is 17.5 Å². The third-order valence-electron chi connectivity index (χ3n) is 1.62. The van der Waals surface area contributed by atoms with Gasteiger partial charge >= 0.3 is 0 Å². The summed E-state index contributed by atoms with van der Waals surface area (Å²) in [6.07, 6.45) is 5.14. The lowest BCUT2D eigenvalue weighted by Gasteiger charge is -2.12. The molecule has 1 aromatic heterocycles. The Bertz CT molecular complexity index is 303. The largest absolute Gasteiger partial charge is 0.329 e. The second-order valence-corrected chi connectivity index (χ2v) is 3.92. The van der Waals surface area contributed by atoms with Crippen LogP contribution in [0.4, 0.5) is 0 Å². The first kappa shape index (κ1) is 10.6. The standard InChI is InChI=1S/C9H11ClN2S/c1-2-3-12-8(5-11)9-4-7(10)6-13-9/h1,4,6,8,12H,3,5,11H2. The van der Waals surface area contributed by atoms with Gasteiger partial charge in [-0.15, -0.1) is 17.8 Å². The molecule has 0 spiro atoms. The molecule has 0 aliphatic rings. The maximum absolute atomic E-state index is 5.80. The molecule has 1 heterocycles. The number of nitrogens with one attached hydrogen (secondary N) is 1. The van der Waals surface area contributed by atoms with E-state index in [1.54, 1.807) is 11.3 Å². The molecule has 1 atom stereocenters. The van der Waals surface area contributed by atoms with E-state index in [2.05, 4.69) is 11.2 Å². The minimum atomic E-state index is 0.119. The summed E-state index contributed by atoms with van der Waals surface area (Å²) in [6, 6.07) is 2.03. The Morgan fingerprint density at radius 2 is 2.54 bits per heavy atom. The quantitative estimate of drug-likeness (QED) is 0.748. The van der Waals surface area contributed by atoms with E-state index in [9.17, 15) is 0 Å². The van der Waals surface area contributed by atoms with Crippen LogP contribution >= 0.6 is 22.9 Å². The molecule has 70 valence electrons. The number of hydrogen-bond donors (Lipinski definition) is 2. The van der Waals surface area contributed by atoms with Gasteiger partial charge in [0.05, 0.1) is 17.6 Å². The average Bonchev–Trinajstić information content (AvgIpc) is 2.54. The first-order valence-electron chi connectivity index (χ1n) is 3.88. The second-order valence-electron chi connectivity index (χ2n) is 2.54. The molecule has 0 aliphatic heterocycles. The van der Waals surface area contributed by atoms with Crippen molar-refractivity contribution in [3.8, 4) is 12.3 Å². The number of thiophene rings is 1. The van der Waals surface area contributed by atoms with Crippen molar-refractivity contribution in [3.05, 3.63) is 21.3 Å². The molecule has 13 heavy (non-hydrogen) atoms. The van der Waals surface area contributed by atoms with Crippen LogP contribution in [0.25, 0.3) is 0 Å². The summed E-state index contributed by atoms with van der Waals surface area (Å²) in [4.78, 5) is 1.13. The lowest BCUT2D eigenvalue weighted by Crippen LogP contribution is -2.27. The van der Waals surface area contributed by atoms with Gasteiger partial charge in [0, 0.05) is 16.8 Å². The van der Waals surface area contributed by atoms with Crippen LogP contribution in [0.3, 0.4) is 0 Å². The Balaban J connectivity index is 2.62. The molecular weight excluding hydrogens is 204 g/mol. The molecule has 0 amide bonds. The van der Waals surface area contributed by atoms with Gasteiger partial charge in [0.1, 0.15) is 0 Å². The van der Waals surface area contributed by atoms with E-state index in [0.29, 0.717) is 13.1 Å². The number of halogens is 1. The molecule has 1 aromatic rings. The lowest BCUT2D eigenvalue weighted by atomic mass is 10.2. The average molecular weight is 215 g/mol. The van der Waals surface area contributed by atoms with Gasteiger partial charge in [-0.25, -0.2) is 0 Å². The maximum Gasteiger partial charge on any atom is 0.0579 e. The van der Waals surface area contributed by atoms with Crippen LogP contribution in [-0.2, 0) is 0 Å². The van der Waals surface area contributed by atoms with Gasteiger partial charge in [-0.3, -0.25) is 5.32 Å². The summed E-state index contributed by atoms with van der Waals surface area (Å²) < 4.78 is 0. The molecule has 1 unspecified atom stereocenters. The summed E-state index contributed by atoms with van der Waals surface area (Å²) in [5.41, 5.74) is 5.59. The Labute approximate surface area is 87.1 Å². The summed E-state index contributed by atoms with van der Waals surface area (Å²) >= 11 is 7.39. The number of hydrogen-bond acceptors (Lipinski definition) is 3. The van der Waals surface area contributed by atoms with E-state index in [0.717, 1.165) is 9.90 Å². The van der Waals surface area contributed by atoms with Gasteiger partial charge in [-0.05, 0) is 6.07 Å². The predicted octanol–water partition coefficient (Wildman–Crippen LogP) is 1.62. The van der Waals surface area contributed by atoms with Crippen LogP contribution in [-0.4, -0.2) is 13.1 Å². The monoisotopic (exact) mass is 214 g/mol. The Kier molecular flexibility index (Phi) is 4.26. The summed E-state index contributed by atoms with van der Waals surface area (Å²) in [5, 5.41) is 5.78. The molecule has 0 fully saturated rings. The van der Waals surface area contributed by atoms with Crippen molar-refractivity contribution in [1.82, 2.24) is 5.32 Å². The molecule has 2 nitrogen and oxygen atoms in total. The normalized spacial score (nSPS) is 12.4. The zero-order valence-electron chi connectivity index (χ0n) is 7.09. The molecule has 0 aliphatic carbocycles. The van der Waals surface area contributed by atoms with Crippen LogP contribution in [0, 0.1) is 12.3 Å². The minimum Gasteiger partial charge on any atom is -0.329 e. The van der Waals surface area contributed by atoms with Gasteiger partial charge in [0.25, 0.3) is 0 Å². The highest BCUT2D eigenvalue weighted by molar-refractivity contribution is 7.10. The first-order chi connectivity index (χ1) is 6.27. The highest BCUT2D eigenvalue weighted by Gasteiger charge is 2.09. The third-order valence-corrected chi connectivity index (χ3v) is 3.01. The molecule has 0 radical (unpaired) electrons. The Morgan fingerprint density at radius 1 is 1.77 bits per heavy atom. The van der Waals surface area contributed by atoms with Crippen LogP contribution in [0.5, 0.6) is 0 Å². The maximum atomic E-state index is 5.80. The molecular formula is C9H11ClN2S. The predicted molar refractivity (Wildman–Crippen MR) is 58.0 cm³/mol. The van der Waals surface area contributed by atoms with Crippen molar-refractivity contribution in [2.75, 3.05) is 13.1 Å². The highest BCUT2D eigenvalue weighted by atomic mass is 35.5. The van der Waals surface area contributed by atoms with E-state index < -0.39 is 0 Å². The van der Waals surface area contributed by atoms with E-state index >= 15 is 0 Å². The summed E-state index contributed by atoms with van der Waals surface area (Å²) in [5.74, 6) is 2.51. The van der Waals surface area contributed by atoms with Crippen LogP contribution in [0.15, 0.2) is 11.4 Å². The van der Waals surface area contributed by atoms with E-state index in [4.69, 9.17) is 23.8 Å². The zero-order valence-corrected chi connectivity index (χ0v) is 8.66. The zero-order chi connectivity index (χ0) is 9.68. The van der Waals surface area contributed by atoms with E-state index in [1.165, 1.54) is 0 Å². The molecule has 3 N–H and O–H groups in total. The Hall–Kier alpha value is -0.530. The van der Waals surface area contributed by atoms with Gasteiger partial charge < -0.3 is 5.73 Å². The van der Waals surface area contributed by atoms with Crippen LogP contribution in [0.2, 0.25) is 5.02 Å². The fourth-order valence-electron chi connectivity index (χ4n) is 0.993. The molecule has 0 bridgehead atoms. The number of nitrogens with two attached hydrogens (primary N) is 1. The van der Waals surface area contributed by atoms with Gasteiger partial charge in [-0.2, -0.15) is 0 Å². The molecule has 0 saturated heterocycles. The first-order valence-corrected chi connectivity index (χ1v) is 5.14. The van der Waals surface area contributed by atoms with Gasteiger partial charge in [0.2, 0.25) is 0 Å². The molecule has 0 saturated carbocycles. The van der Waals surface area contributed by atoms with Crippen molar-refractivity contribution in [2.24, 2.45) is 5.73 Å². The summed E-state index contributed by atoms with van der Waals surface area (Å²) in [7, 11) is 0. The van der Waals surface area contributed by atoms with E-state index in [1.807, 2.05) is 11.4 Å². The van der Waals surface area contributed by atoms with Crippen LogP contribution in [0.1, 0.15) is 10.9 Å². The van der Waals surface area contributed by atoms with Crippen molar-refractivity contribution in [3.63, 3.8) is 0 Å². The molecule has 0 aromatic carbocycles. The van der Waals surface area contributed by atoms with Crippen LogP contribution < -0.4 is 11.1 Å². The third kappa shape index (κ3) is 3.02. The van der Waals surface area contributed by atoms with Gasteiger partial charge in [0.15, 0.2) is 0 Å². The second kappa shape index (κ2) is 5.25. The summed E-state index contributed by atoms with van der Waals surface area (Å²) in [6.45, 7) is 1.05. The van der Waals surface area contributed by atoms with Crippen molar-refractivity contribution >= 4 is 22.9 Å². The lowest BCUT2D eigenvalue weighted by molar-refractivity contribution is 0.591. The highest BCUT2D eigenvalue weighted by Crippen LogP contribution is 2.24. The fraction of sp³-hybridized carbons (Fsp3) is 0.333.